The highest BCUT2D eigenvalue weighted by atomic mass is 32.1. The van der Waals surface area contributed by atoms with Crippen molar-refractivity contribution < 1.29 is 4.74 Å². The molecule has 1 N–H and O–H groups in total. The van der Waals surface area contributed by atoms with E-state index in [1.807, 2.05) is 20.8 Å². The van der Waals surface area contributed by atoms with Crippen LogP contribution in [-0.4, -0.2) is 23.6 Å². The maximum atomic E-state index is 8.88. The third-order valence-corrected chi connectivity index (χ3v) is 2.71. The Labute approximate surface area is 94.0 Å². The first-order valence-corrected chi connectivity index (χ1v) is 5.64. The lowest BCUT2D eigenvalue weighted by Gasteiger charge is -2.07. The van der Waals surface area contributed by atoms with Gasteiger partial charge in [0, 0.05) is 6.54 Å². The van der Waals surface area contributed by atoms with Gasteiger partial charge in [-0.05, 0) is 32.3 Å². The molecule has 0 spiro atoms. The Hall–Kier alpha value is -1.12. The monoisotopic (exact) mass is 225 g/mol. The predicted molar refractivity (Wildman–Crippen MR) is 61.1 cm³/mol. The lowest BCUT2D eigenvalue weighted by Crippen LogP contribution is -2.13. The first-order chi connectivity index (χ1) is 7.15. The Kier molecular flexibility index (Phi) is 4.53. The van der Waals surface area contributed by atoms with E-state index in [2.05, 4.69) is 15.8 Å². The largest absolute Gasteiger partial charge is 0.377 e. The minimum absolute atomic E-state index is 0.241. The van der Waals surface area contributed by atoms with E-state index < -0.39 is 0 Å². The highest BCUT2D eigenvalue weighted by Gasteiger charge is 2.08. The molecule has 1 aromatic heterocycles. The van der Waals surface area contributed by atoms with Crippen LogP contribution in [0.4, 0.5) is 5.00 Å². The van der Waals surface area contributed by atoms with E-state index >= 15 is 0 Å². The number of hydrogen-bond donors (Lipinski definition) is 1. The van der Waals surface area contributed by atoms with E-state index in [9.17, 15) is 0 Å². The summed E-state index contributed by atoms with van der Waals surface area (Å²) in [5.41, 5.74) is 1.43. The molecule has 1 rings (SSSR count). The van der Waals surface area contributed by atoms with Gasteiger partial charge in [-0.2, -0.15) is 9.64 Å². The molecule has 15 heavy (non-hydrogen) atoms. The van der Waals surface area contributed by atoms with Gasteiger partial charge in [0.1, 0.15) is 16.6 Å². The summed E-state index contributed by atoms with van der Waals surface area (Å²) in [5.74, 6) is 0. The van der Waals surface area contributed by atoms with Gasteiger partial charge >= 0.3 is 0 Å². The van der Waals surface area contributed by atoms with Crippen LogP contribution in [0.2, 0.25) is 0 Å². The van der Waals surface area contributed by atoms with Crippen LogP contribution < -0.4 is 5.32 Å². The van der Waals surface area contributed by atoms with E-state index in [4.69, 9.17) is 10.00 Å². The molecular formula is C10H15N3OS. The third-order valence-electron chi connectivity index (χ3n) is 1.81. The molecule has 0 unspecified atom stereocenters. The van der Waals surface area contributed by atoms with E-state index in [0.29, 0.717) is 18.7 Å². The summed E-state index contributed by atoms with van der Waals surface area (Å²) < 4.78 is 9.50. The van der Waals surface area contributed by atoms with Gasteiger partial charge in [0.25, 0.3) is 0 Å². The Balaban J connectivity index is 2.41. The fourth-order valence-corrected chi connectivity index (χ4v) is 1.85. The molecule has 0 atom stereocenters. The van der Waals surface area contributed by atoms with E-state index in [-0.39, 0.29) is 6.10 Å². The second kappa shape index (κ2) is 5.69. The topological polar surface area (TPSA) is 57.9 Å². The Morgan fingerprint density at radius 1 is 1.60 bits per heavy atom. The minimum atomic E-state index is 0.241. The molecule has 1 heterocycles. The lowest BCUT2D eigenvalue weighted by molar-refractivity contribution is 0.0871. The maximum absolute atomic E-state index is 8.88. The number of rotatable bonds is 5. The second-order valence-corrected chi connectivity index (χ2v) is 4.20. The van der Waals surface area contributed by atoms with E-state index in [1.54, 1.807) is 0 Å². The zero-order valence-electron chi connectivity index (χ0n) is 9.20. The van der Waals surface area contributed by atoms with Gasteiger partial charge in [-0.3, -0.25) is 0 Å². The van der Waals surface area contributed by atoms with Gasteiger partial charge in [-0.15, -0.1) is 0 Å². The molecule has 0 bridgehead atoms. The molecule has 82 valence electrons. The Morgan fingerprint density at radius 2 is 2.33 bits per heavy atom. The fraction of sp³-hybridized carbons (Fsp3) is 0.600. The summed E-state index contributed by atoms with van der Waals surface area (Å²) in [6.07, 6.45) is 0.241. The molecule has 0 aliphatic heterocycles. The molecule has 0 fully saturated rings. The van der Waals surface area contributed by atoms with Crippen molar-refractivity contribution in [3.8, 4) is 6.07 Å². The maximum Gasteiger partial charge on any atom is 0.127 e. The van der Waals surface area contributed by atoms with Crippen LogP contribution in [0.1, 0.15) is 25.1 Å². The van der Waals surface area contributed by atoms with Gasteiger partial charge in [0.05, 0.1) is 18.4 Å². The zero-order valence-corrected chi connectivity index (χ0v) is 10.0. The Bertz CT molecular complexity index is 354. The number of nitriles is 1. The molecule has 1 aromatic rings. The molecular weight excluding hydrogens is 210 g/mol. The third kappa shape index (κ3) is 3.50. The summed E-state index contributed by atoms with van der Waals surface area (Å²) in [6, 6.07) is 2.14. The number of nitrogens with one attached hydrogen (secondary N) is 1. The number of aryl methyl sites for hydroxylation is 1. The normalized spacial score (nSPS) is 10.3. The van der Waals surface area contributed by atoms with Crippen molar-refractivity contribution >= 4 is 16.5 Å². The van der Waals surface area contributed by atoms with Crippen molar-refractivity contribution in [2.24, 2.45) is 0 Å². The van der Waals surface area contributed by atoms with Gasteiger partial charge in [-0.1, -0.05) is 0 Å². The van der Waals surface area contributed by atoms with Gasteiger partial charge in [-0.25, -0.2) is 0 Å². The first-order valence-electron chi connectivity index (χ1n) is 4.87. The zero-order chi connectivity index (χ0) is 11.3. The summed E-state index contributed by atoms with van der Waals surface area (Å²) in [4.78, 5) is 0. The predicted octanol–water partition coefficient (Wildman–Crippen LogP) is 2.16. The van der Waals surface area contributed by atoms with Crippen LogP contribution in [-0.2, 0) is 4.74 Å². The van der Waals surface area contributed by atoms with Crippen molar-refractivity contribution in [1.82, 2.24) is 4.37 Å². The molecule has 5 heteroatoms. The average molecular weight is 225 g/mol. The van der Waals surface area contributed by atoms with Gasteiger partial charge < -0.3 is 10.1 Å². The standard InChI is InChI=1S/C10H15N3OS/c1-7(2)14-5-4-12-10-9(6-11)8(3)13-15-10/h7,12H,4-5H2,1-3H3. The Morgan fingerprint density at radius 3 is 2.93 bits per heavy atom. The smallest absolute Gasteiger partial charge is 0.127 e. The lowest BCUT2D eigenvalue weighted by atomic mass is 10.3. The molecule has 4 nitrogen and oxygen atoms in total. The summed E-state index contributed by atoms with van der Waals surface area (Å²) in [6.45, 7) is 7.17. The number of hydrogen-bond acceptors (Lipinski definition) is 5. The number of anilines is 1. The van der Waals surface area contributed by atoms with E-state index in [0.717, 1.165) is 10.7 Å². The van der Waals surface area contributed by atoms with Crippen LogP contribution in [0.3, 0.4) is 0 Å². The quantitative estimate of drug-likeness (QED) is 0.780. The van der Waals surface area contributed by atoms with Crippen molar-refractivity contribution in [3.05, 3.63) is 11.3 Å². The first kappa shape index (κ1) is 12.0. The van der Waals surface area contributed by atoms with Crippen molar-refractivity contribution in [2.45, 2.75) is 26.9 Å². The second-order valence-electron chi connectivity index (χ2n) is 3.43. The fourth-order valence-electron chi connectivity index (χ4n) is 1.08. The summed E-state index contributed by atoms with van der Waals surface area (Å²) >= 11 is 1.32. The molecule has 0 aliphatic rings. The van der Waals surface area contributed by atoms with Gasteiger partial charge in [0.15, 0.2) is 0 Å². The minimum Gasteiger partial charge on any atom is -0.377 e. The van der Waals surface area contributed by atoms with Crippen LogP contribution in [0.5, 0.6) is 0 Å². The number of ether oxygens (including phenoxy) is 1. The highest BCUT2D eigenvalue weighted by Crippen LogP contribution is 2.22. The molecule has 0 aliphatic carbocycles. The number of aromatic nitrogens is 1. The van der Waals surface area contributed by atoms with Crippen LogP contribution in [0, 0.1) is 18.3 Å². The van der Waals surface area contributed by atoms with Crippen molar-refractivity contribution in [2.75, 3.05) is 18.5 Å². The van der Waals surface area contributed by atoms with Crippen LogP contribution >= 0.6 is 11.5 Å². The average Bonchev–Trinajstić information content (AvgIpc) is 2.53. The molecule has 0 radical (unpaired) electrons. The molecule has 0 saturated heterocycles. The molecule has 0 amide bonds. The summed E-state index contributed by atoms with van der Waals surface area (Å²) in [5, 5.41) is 12.9. The van der Waals surface area contributed by atoms with Crippen molar-refractivity contribution in [1.29, 1.82) is 5.26 Å². The van der Waals surface area contributed by atoms with E-state index in [1.165, 1.54) is 11.5 Å². The SMILES string of the molecule is Cc1nsc(NCCOC(C)C)c1C#N. The van der Waals surface area contributed by atoms with Crippen molar-refractivity contribution in [3.63, 3.8) is 0 Å². The highest BCUT2D eigenvalue weighted by molar-refractivity contribution is 7.10. The molecule has 0 aromatic carbocycles. The molecule has 0 saturated carbocycles. The summed E-state index contributed by atoms with van der Waals surface area (Å²) in [7, 11) is 0. The van der Waals surface area contributed by atoms with Crippen LogP contribution in [0.15, 0.2) is 0 Å². The number of nitrogens with zero attached hydrogens (tertiary/aromatic N) is 2. The van der Waals surface area contributed by atoms with Gasteiger partial charge in [0.2, 0.25) is 0 Å². The van der Waals surface area contributed by atoms with Crippen LogP contribution in [0.25, 0.3) is 0 Å².